The van der Waals surface area contributed by atoms with Crippen LogP contribution in [0.4, 0.5) is 0 Å². The van der Waals surface area contributed by atoms with Crippen molar-refractivity contribution in [3.05, 3.63) is 29.1 Å². The molecular weight excluding hydrogens is 244 g/mol. The van der Waals surface area contributed by atoms with E-state index in [9.17, 15) is 0 Å². The number of nitrogens with one attached hydrogen (secondary N) is 1. The Morgan fingerprint density at radius 2 is 2.00 bits per heavy atom. The molecule has 102 valence electrons. The van der Waals surface area contributed by atoms with Gasteiger partial charge < -0.3 is 9.47 Å². The number of rotatable bonds is 6. The van der Waals surface area contributed by atoms with Gasteiger partial charge in [0.05, 0.1) is 14.2 Å². The van der Waals surface area contributed by atoms with Gasteiger partial charge in [-0.05, 0) is 31.4 Å². The molecule has 0 amide bonds. The molecular formula is C13H18N4O2. The third-order valence-corrected chi connectivity index (χ3v) is 3.10. The second-order valence-electron chi connectivity index (χ2n) is 4.27. The number of aryl methyl sites for hydroxylation is 2. The summed E-state index contributed by atoms with van der Waals surface area (Å²) < 4.78 is 10.8. The van der Waals surface area contributed by atoms with Gasteiger partial charge >= 0.3 is 0 Å². The molecule has 1 heterocycles. The number of H-pyrrole nitrogens is 1. The molecule has 0 radical (unpaired) electrons. The zero-order valence-electron chi connectivity index (χ0n) is 11.4. The SMILES string of the molecule is COc1ccc(CCCc2nn[nH]n2)c(OC)c1C. The lowest BCUT2D eigenvalue weighted by Gasteiger charge is -2.14. The zero-order chi connectivity index (χ0) is 13.7. The summed E-state index contributed by atoms with van der Waals surface area (Å²) in [5.74, 6) is 2.48. The Morgan fingerprint density at radius 3 is 2.63 bits per heavy atom. The van der Waals surface area contributed by atoms with E-state index in [-0.39, 0.29) is 0 Å². The van der Waals surface area contributed by atoms with Crippen molar-refractivity contribution >= 4 is 0 Å². The highest BCUT2D eigenvalue weighted by atomic mass is 16.5. The van der Waals surface area contributed by atoms with Crippen LogP contribution in [-0.2, 0) is 12.8 Å². The average molecular weight is 262 g/mol. The van der Waals surface area contributed by atoms with Crippen molar-refractivity contribution in [2.24, 2.45) is 0 Å². The van der Waals surface area contributed by atoms with Crippen LogP contribution in [0.15, 0.2) is 12.1 Å². The number of methoxy groups -OCH3 is 2. The molecule has 0 bridgehead atoms. The largest absolute Gasteiger partial charge is 0.496 e. The minimum atomic E-state index is 0.740. The van der Waals surface area contributed by atoms with Crippen LogP contribution in [0.25, 0.3) is 0 Å². The highest BCUT2D eigenvalue weighted by molar-refractivity contribution is 5.49. The summed E-state index contributed by atoms with van der Waals surface area (Å²) in [6, 6.07) is 4.02. The number of nitrogens with zero attached hydrogens (tertiary/aromatic N) is 3. The number of hydrogen-bond acceptors (Lipinski definition) is 5. The molecule has 0 atom stereocenters. The minimum Gasteiger partial charge on any atom is -0.496 e. The number of aromatic nitrogens is 4. The molecule has 0 unspecified atom stereocenters. The molecule has 1 aromatic heterocycles. The average Bonchev–Trinajstić information content (AvgIpc) is 2.92. The van der Waals surface area contributed by atoms with Crippen molar-refractivity contribution in [3.8, 4) is 11.5 Å². The summed E-state index contributed by atoms with van der Waals surface area (Å²) in [7, 11) is 3.35. The third kappa shape index (κ3) is 3.01. The van der Waals surface area contributed by atoms with E-state index < -0.39 is 0 Å². The fourth-order valence-corrected chi connectivity index (χ4v) is 2.16. The summed E-state index contributed by atoms with van der Waals surface area (Å²) in [6.07, 6.45) is 2.65. The lowest BCUT2D eigenvalue weighted by molar-refractivity contribution is 0.385. The second kappa shape index (κ2) is 6.17. The van der Waals surface area contributed by atoms with Crippen LogP contribution in [0.2, 0.25) is 0 Å². The molecule has 0 saturated heterocycles. The molecule has 2 aromatic rings. The van der Waals surface area contributed by atoms with Crippen LogP contribution in [0, 0.1) is 6.92 Å². The molecule has 0 saturated carbocycles. The van der Waals surface area contributed by atoms with Crippen molar-refractivity contribution in [2.75, 3.05) is 14.2 Å². The molecule has 0 fully saturated rings. The number of hydrogen-bond donors (Lipinski definition) is 1. The maximum atomic E-state index is 5.48. The number of tetrazole rings is 1. The quantitative estimate of drug-likeness (QED) is 0.857. The third-order valence-electron chi connectivity index (χ3n) is 3.10. The standard InChI is InChI=1S/C13H18N4O2/c1-9-11(18-2)8-7-10(13(9)19-3)5-4-6-12-14-16-17-15-12/h7-8H,4-6H2,1-3H3,(H,14,15,16,17). The topological polar surface area (TPSA) is 72.9 Å². The Morgan fingerprint density at radius 1 is 1.16 bits per heavy atom. The lowest BCUT2D eigenvalue weighted by atomic mass is 10.0. The van der Waals surface area contributed by atoms with Gasteiger partial charge in [-0.15, -0.1) is 10.2 Å². The van der Waals surface area contributed by atoms with Crippen molar-refractivity contribution in [1.29, 1.82) is 0 Å². The number of ether oxygens (including phenoxy) is 2. The van der Waals surface area contributed by atoms with Gasteiger partial charge in [0.15, 0.2) is 5.82 Å². The van der Waals surface area contributed by atoms with E-state index in [1.807, 2.05) is 19.1 Å². The van der Waals surface area contributed by atoms with Crippen LogP contribution in [0.1, 0.15) is 23.4 Å². The molecule has 0 aliphatic carbocycles. The van der Waals surface area contributed by atoms with Gasteiger partial charge in [0.25, 0.3) is 0 Å². The molecule has 0 aliphatic rings. The predicted octanol–water partition coefficient (Wildman–Crippen LogP) is 1.70. The van der Waals surface area contributed by atoms with Crippen molar-refractivity contribution in [2.45, 2.75) is 26.2 Å². The fraction of sp³-hybridized carbons (Fsp3) is 0.462. The predicted molar refractivity (Wildman–Crippen MR) is 70.5 cm³/mol. The monoisotopic (exact) mass is 262 g/mol. The fourth-order valence-electron chi connectivity index (χ4n) is 2.16. The van der Waals surface area contributed by atoms with Gasteiger partial charge in [0, 0.05) is 12.0 Å². The summed E-state index contributed by atoms with van der Waals surface area (Å²) in [6.45, 7) is 2.00. The number of aromatic amines is 1. The van der Waals surface area contributed by atoms with E-state index in [1.165, 1.54) is 5.56 Å². The van der Waals surface area contributed by atoms with Gasteiger partial charge in [-0.25, -0.2) is 0 Å². The highest BCUT2D eigenvalue weighted by Gasteiger charge is 2.11. The summed E-state index contributed by atoms with van der Waals surface area (Å²) >= 11 is 0. The van der Waals surface area contributed by atoms with Crippen LogP contribution in [0.5, 0.6) is 11.5 Å². The maximum Gasteiger partial charge on any atom is 0.174 e. The van der Waals surface area contributed by atoms with Crippen molar-refractivity contribution in [1.82, 2.24) is 20.6 Å². The van der Waals surface area contributed by atoms with E-state index in [0.717, 1.165) is 42.1 Å². The first-order valence-electron chi connectivity index (χ1n) is 6.19. The van der Waals surface area contributed by atoms with Crippen molar-refractivity contribution < 1.29 is 9.47 Å². The Kier molecular flexibility index (Phi) is 4.33. The van der Waals surface area contributed by atoms with E-state index in [1.54, 1.807) is 14.2 Å². The Labute approximate surface area is 112 Å². The molecule has 19 heavy (non-hydrogen) atoms. The normalized spacial score (nSPS) is 10.5. The molecule has 1 aromatic carbocycles. The first-order chi connectivity index (χ1) is 9.26. The van der Waals surface area contributed by atoms with Crippen LogP contribution >= 0.6 is 0 Å². The van der Waals surface area contributed by atoms with Crippen LogP contribution in [0.3, 0.4) is 0 Å². The van der Waals surface area contributed by atoms with Gasteiger partial charge in [-0.1, -0.05) is 11.3 Å². The Balaban J connectivity index is 2.05. The van der Waals surface area contributed by atoms with Gasteiger partial charge in [0.1, 0.15) is 11.5 Å². The first kappa shape index (κ1) is 13.3. The van der Waals surface area contributed by atoms with Crippen molar-refractivity contribution in [3.63, 3.8) is 0 Å². The van der Waals surface area contributed by atoms with Gasteiger partial charge in [-0.3, -0.25) is 0 Å². The zero-order valence-corrected chi connectivity index (χ0v) is 11.4. The first-order valence-corrected chi connectivity index (χ1v) is 6.19. The van der Waals surface area contributed by atoms with E-state index in [0.29, 0.717) is 0 Å². The van der Waals surface area contributed by atoms with Gasteiger partial charge in [0.2, 0.25) is 0 Å². The molecule has 1 N–H and O–H groups in total. The molecule has 6 heteroatoms. The molecule has 0 aliphatic heterocycles. The smallest absolute Gasteiger partial charge is 0.174 e. The molecule has 2 rings (SSSR count). The summed E-state index contributed by atoms with van der Waals surface area (Å²) in [5.41, 5.74) is 2.20. The molecule has 6 nitrogen and oxygen atoms in total. The lowest BCUT2D eigenvalue weighted by Crippen LogP contribution is -1.99. The van der Waals surface area contributed by atoms with Crippen LogP contribution in [-0.4, -0.2) is 34.8 Å². The van der Waals surface area contributed by atoms with E-state index in [2.05, 4.69) is 20.6 Å². The second-order valence-corrected chi connectivity index (χ2v) is 4.27. The van der Waals surface area contributed by atoms with E-state index >= 15 is 0 Å². The Hall–Kier alpha value is -2.11. The summed E-state index contributed by atoms with van der Waals surface area (Å²) in [5, 5.41) is 13.9. The Bertz CT molecular complexity index is 526. The maximum absolute atomic E-state index is 5.48. The summed E-state index contributed by atoms with van der Waals surface area (Å²) in [4.78, 5) is 0. The molecule has 0 spiro atoms. The highest BCUT2D eigenvalue weighted by Crippen LogP contribution is 2.31. The van der Waals surface area contributed by atoms with E-state index in [4.69, 9.17) is 9.47 Å². The number of benzene rings is 1. The van der Waals surface area contributed by atoms with Crippen LogP contribution < -0.4 is 9.47 Å². The van der Waals surface area contributed by atoms with Gasteiger partial charge in [-0.2, -0.15) is 5.21 Å². The minimum absolute atomic E-state index is 0.740.